The standard InChI is InChI=1S/C18H21N3O/c1-11(2)10-20-15-8-7-13(9-14(15)19)18-21-17-12(3)5-4-6-16(17)22-18/h4-9,11,20H,10,19H2,1-3H3. The summed E-state index contributed by atoms with van der Waals surface area (Å²) in [4.78, 5) is 4.58. The molecule has 0 spiro atoms. The molecule has 0 aliphatic rings. The Hall–Kier alpha value is -2.49. The third-order valence-corrected chi connectivity index (χ3v) is 3.62. The van der Waals surface area contributed by atoms with Gasteiger partial charge in [0.2, 0.25) is 5.89 Å². The number of nitrogens with two attached hydrogens (primary N) is 1. The van der Waals surface area contributed by atoms with Crippen LogP contribution in [0.5, 0.6) is 0 Å². The highest BCUT2D eigenvalue weighted by Gasteiger charge is 2.11. The number of para-hydroxylation sites is 1. The number of fused-ring (bicyclic) bond motifs is 1. The zero-order chi connectivity index (χ0) is 15.7. The minimum atomic E-state index is 0.569. The second-order valence-corrected chi connectivity index (χ2v) is 6.02. The van der Waals surface area contributed by atoms with Crippen LogP contribution in [-0.2, 0) is 0 Å². The molecular weight excluding hydrogens is 274 g/mol. The Bertz CT molecular complexity index is 805. The molecule has 0 aliphatic carbocycles. The van der Waals surface area contributed by atoms with Crippen molar-refractivity contribution in [1.82, 2.24) is 4.98 Å². The van der Waals surface area contributed by atoms with E-state index in [0.29, 0.717) is 17.5 Å². The fourth-order valence-corrected chi connectivity index (χ4v) is 2.38. The largest absolute Gasteiger partial charge is 0.436 e. The molecular formula is C18H21N3O. The van der Waals surface area contributed by atoms with E-state index >= 15 is 0 Å². The summed E-state index contributed by atoms with van der Waals surface area (Å²) in [7, 11) is 0. The van der Waals surface area contributed by atoms with Crippen LogP contribution in [0, 0.1) is 12.8 Å². The fraction of sp³-hybridized carbons (Fsp3) is 0.278. The van der Waals surface area contributed by atoms with Gasteiger partial charge in [-0.15, -0.1) is 0 Å². The first-order valence-corrected chi connectivity index (χ1v) is 7.54. The molecule has 4 heteroatoms. The van der Waals surface area contributed by atoms with E-state index in [-0.39, 0.29) is 0 Å². The second-order valence-electron chi connectivity index (χ2n) is 6.02. The number of benzene rings is 2. The van der Waals surface area contributed by atoms with Crippen LogP contribution in [0.2, 0.25) is 0 Å². The number of nitrogen functional groups attached to an aromatic ring is 1. The third-order valence-electron chi connectivity index (χ3n) is 3.62. The molecule has 0 unspecified atom stereocenters. The number of nitrogens with one attached hydrogen (secondary N) is 1. The van der Waals surface area contributed by atoms with E-state index in [9.17, 15) is 0 Å². The minimum absolute atomic E-state index is 0.569. The molecule has 4 nitrogen and oxygen atoms in total. The van der Waals surface area contributed by atoms with E-state index < -0.39 is 0 Å². The molecule has 1 heterocycles. The Balaban J connectivity index is 1.93. The van der Waals surface area contributed by atoms with Gasteiger partial charge >= 0.3 is 0 Å². The van der Waals surface area contributed by atoms with Crippen molar-refractivity contribution >= 4 is 22.5 Å². The third kappa shape index (κ3) is 2.77. The average molecular weight is 295 g/mol. The van der Waals surface area contributed by atoms with Gasteiger partial charge in [-0.25, -0.2) is 4.98 Å². The van der Waals surface area contributed by atoms with Crippen molar-refractivity contribution < 1.29 is 4.42 Å². The van der Waals surface area contributed by atoms with Gasteiger partial charge in [0.05, 0.1) is 11.4 Å². The zero-order valence-electron chi connectivity index (χ0n) is 13.2. The highest BCUT2D eigenvalue weighted by Crippen LogP contribution is 2.30. The molecule has 0 bridgehead atoms. The van der Waals surface area contributed by atoms with E-state index in [4.69, 9.17) is 10.2 Å². The summed E-state index contributed by atoms with van der Waals surface area (Å²) in [6, 6.07) is 11.8. The number of hydrogen-bond acceptors (Lipinski definition) is 4. The van der Waals surface area contributed by atoms with Crippen molar-refractivity contribution in [2.45, 2.75) is 20.8 Å². The number of aryl methyl sites for hydroxylation is 1. The lowest BCUT2D eigenvalue weighted by atomic mass is 10.1. The maximum absolute atomic E-state index is 6.14. The normalized spacial score (nSPS) is 11.3. The van der Waals surface area contributed by atoms with Gasteiger partial charge in [-0.2, -0.15) is 0 Å². The molecule has 0 amide bonds. The highest BCUT2D eigenvalue weighted by atomic mass is 16.3. The Morgan fingerprint density at radius 3 is 2.73 bits per heavy atom. The number of aromatic nitrogens is 1. The summed E-state index contributed by atoms with van der Waals surface area (Å²) in [5.74, 6) is 1.17. The number of hydrogen-bond donors (Lipinski definition) is 2. The smallest absolute Gasteiger partial charge is 0.227 e. The Morgan fingerprint density at radius 2 is 2.05 bits per heavy atom. The predicted octanol–water partition coefficient (Wildman–Crippen LogP) is 4.45. The summed E-state index contributed by atoms with van der Waals surface area (Å²) in [5.41, 5.74) is 11.5. The molecule has 0 aliphatic heterocycles. The van der Waals surface area contributed by atoms with E-state index in [2.05, 4.69) is 24.1 Å². The summed E-state index contributed by atoms with van der Waals surface area (Å²) < 4.78 is 5.84. The number of rotatable bonds is 4. The van der Waals surface area contributed by atoms with Gasteiger partial charge in [0, 0.05) is 12.1 Å². The van der Waals surface area contributed by atoms with Gasteiger partial charge in [-0.3, -0.25) is 0 Å². The van der Waals surface area contributed by atoms with Gasteiger partial charge in [0.1, 0.15) is 5.52 Å². The summed E-state index contributed by atoms with van der Waals surface area (Å²) in [5, 5.41) is 3.35. The lowest BCUT2D eigenvalue weighted by Crippen LogP contribution is -2.09. The summed E-state index contributed by atoms with van der Waals surface area (Å²) in [6.07, 6.45) is 0. The first kappa shape index (κ1) is 14.4. The van der Waals surface area contributed by atoms with Crippen LogP contribution < -0.4 is 11.1 Å². The lowest BCUT2D eigenvalue weighted by Gasteiger charge is -2.11. The first-order valence-electron chi connectivity index (χ1n) is 7.54. The maximum Gasteiger partial charge on any atom is 0.227 e. The van der Waals surface area contributed by atoms with Crippen molar-refractivity contribution in [3.05, 3.63) is 42.0 Å². The van der Waals surface area contributed by atoms with Gasteiger partial charge in [-0.1, -0.05) is 26.0 Å². The second kappa shape index (κ2) is 5.72. The lowest BCUT2D eigenvalue weighted by molar-refractivity contribution is 0.620. The van der Waals surface area contributed by atoms with E-state index in [1.807, 2.05) is 43.3 Å². The van der Waals surface area contributed by atoms with Crippen LogP contribution >= 0.6 is 0 Å². The zero-order valence-corrected chi connectivity index (χ0v) is 13.2. The molecule has 1 aromatic heterocycles. The van der Waals surface area contributed by atoms with Gasteiger partial charge in [0.15, 0.2) is 5.58 Å². The molecule has 3 N–H and O–H groups in total. The number of nitrogens with zero attached hydrogens (tertiary/aromatic N) is 1. The molecule has 0 saturated carbocycles. The molecule has 22 heavy (non-hydrogen) atoms. The number of anilines is 2. The monoisotopic (exact) mass is 295 g/mol. The Kier molecular flexibility index (Phi) is 3.75. The van der Waals surface area contributed by atoms with Crippen LogP contribution in [0.3, 0.4) is 0 Å². The van der Waals surface area contributed by atoms with Gasteiger partial charge < -0.3 is 15.5 Å². The molecule has 2 aromatic carbocycles. The van der Waals surface area contributed by atoms with E-state index in [1.54, 1.807) is 0 Å². The van der Waals surface area contributed by atoms with Crippen LogP contribution in [0.4, 0.5) is 11.4 Å². The molecule has 3 aromatic rings. The van der Waals surface area contributed by atoms with Crippen LogP contribution in [-0.4, -0.2) is 11.5 Å². The minimum Gasteiger partial charge on any atom is -0.436 e. The van der Waals surface area contributed by atoms with Crippen LogP contribution in [0.1, 0.15) is 19.4 Å². The quantitative estimate of drug-likeness (QED) is 0.698. The molecule has 0 radical (unpaired) electrons. The molecule has 114 valence electrons. The summed E-state index contributed by atoms with van der Waals surface area (Å²) >= 11 is 0. The molecule has 0 atom stereocenters. The average Bonchev–Trinajstić information content (AvgIpc) is 2.91. The van der Waals surface area contributed by atoms with Crippen molar-refractivity contribution in [3.8, 4) is 11.5 Å². The maximum atomic E-state index is 6.14. The van der Waals surface area contributed by atoms with Gasteiger partial charge in [0.25, 0.3) is 0 Å². The SMILES string of the molecule is Cc1cccc2oc(-c3ccc(NCC(C)C)c(N)c3)nc12. The predicted molar refractivity (Wildman–Crippen MR) is 91.9 cm³/mol. The first-order chi connectivity index (χ1) is 10.5. The number of oxazole rings is 1. The van der Waals surface area contributed by atoms with Crippen LogP contribution in [0.15, 0.2) is 40.8 Å². The van der Waals surface area contributed by atoms with Crippen LogP contribution in [0.25, 0.3) is 22.6 Å². The Morgan fingerprint density at radius 1 is 1.23 bits per heavy atom. The van der Waals surface area contributed by atoms with E-state index in [0.717, 1.165) is 34.5 Å². The van der Waals surface area contributed by atoms with Crippen molar-refractivity contribution in [2.75, 3.05) is 17.6 Å². The molecule has 0 saturated heterocycles. The van der Waals surface area contributed by atoms with Crippen molar-refractivity contribution in [2.24, 2.45) is 5.92 Å². The highest BCUT2D eigenvalue weighted by molar-refractivity contribution is 5.81. The summed E-state index contributed by atoms with van der Waals surface area (Å²) in [6.45, 7) is 7.25. The van der Waals surface area contributed by atoms with Crippen molar-refractivity contribution in [1.29, 1.82) is 0 Å². The molecule has 0 fully saturated rings. The fourth-order valence-electron chi connectivity index (χ4n) is 2.38. The topological polar surface area (TPSA) is 64.1 Å². The van der Waals surface area contributed by atoms with Gasteiger partial charge in [-0.05, 0) is 42.7 Å². The van der Waals surface area contributed by atoms with E-state index in [1.165, 1.54) is 0 Å². The van der Waals surface area contributed by atoms with Crippen molar-refractivity contribution in [3.63, 3.8) is 0 Å². The Labute approximate surface area is 130 Å². The molecule has 3 rings (SSSR count).